The Kier molecular flexibility index (Phi) is 6.31. The Hall–Kier alpha value is -1.07. The van der Waals surface area contributed by atoms with E-state index in [0.29, 0.717) is 16.6 Å². The summed E-state index contributed by atoms with van der Waals surface area (Å²) in [5.74, 6) is 1.10. The van der Waals surface area contributed by atoms with Crippen LogP contribution in [0.1, 0.15) is 18.9 Å². The van der Waals surface area contributed by atoms with E-state index in [1.807, 2.05) is 13.1 Å². The zero-order valence-electron chi connectivity index (χ0n) is 11.4. The quantitative estimate of drug-likeness (QED) is 0.367. The van der Waals surface area contributed by atoms with Crippen LogP contribution in [0.4, 0.5) is 5.69 Å². The first-order valence-electron chi connectivity index (χ1n) is 6.04. The number of nitrogens with zero attached hydrogens (tertiary/aromatic N) is 2. The second-order valence-corrected chi connectivity index (χ2v) is 5.62. The second-order valence-electron chi connectivity index (χ2n) is 4.28. The lowest BCUT2D eigenvalue weighted by molar-refractivity contribution is 0.318. The molecule has 0 heterocycles. The standard InChI is InChI=1S/C13H20ClN3OS/c1-4-10(8-19-3)17(2)12-7-9(14)5-6-11(12)13(15)16-18/h5-7,10,18H,4,8H2,1-3H3,(H2,15,16). The Labute approximate surface area is 123 Å². The van der Waals surface area contributed by atoms with Gasteiger partial charge in [0.25, 0.3) is 0 Å². The molecule has 19 heavy (non-hydrogen) atoms. The molecule has 1 aromatic rings. The van der Waals surface area contributed by atoms with Gasteiger partial charge in [-0.3, -0.25) is 0 Å². The molecule has 1 aromatic carbocycles. The van der Waals surface area contributed by atoms with E-state index in [9.17, 15) is 0 Å². The van der Waals surface area contributed by atoms with Gasteiger partial charge in [0, 0.05) is 35.1 Å². The Bertz CT molecular complexity index is 454. The van der Waals surface area contributed by atoms with Crippen molar-refractivity contribution in [2.24, 2.45) is 10.9 Å². The summed E-state index contributed by atoms with van der Waals surface area (Å²) >= 11 is 7.85. The predicted octanol–water partition coefficient (Wildman–Crippen LogP) is 3.01. The molecule has 0 aliphatic rings. The summed E-state index contributed by atoms with van der Waals surface area (Å²) in [6, 6.07) is 5.73. The van der Waals surface area contributed by atoms with Gasteiger partial charge in [0.2, 0.25) is 0 Å². The molecule has 0 spiro atoms. The number of rotatable bonds is 6. The number of benzene rings is 1. The number of nitrogens with two attached hydrogens (primary N) is 1. The normalized spacial score (nSPS) is 13.4. The highest BCUT2D eigenvalue weighted by Gasteiger charge is 2.18. The zero-order chi connectivity index (χ0) is 14.4. The van der Waals surface area contributed by atoms with Crippen LogP contribution in [-0.4, -0.2) is 36.1 Å². The third kappa shape index (κ3) is 3.94. The Balaban J connectivity index is 3.19. The maximum Gasteiger partial charge on any atom is 0.172 e. The van der Waals surface area contributed by atoms with Crippen LogP contribution in [0.3, 0.4) is 0 Å². The summed E-state index contributed by atoms with van der Waals surface area (Å²) in [4.78, 5) is 2.13. The van der Waals surface area contributed by atoms with Gasteiger partial charge < -0.3 is 15.8 Å². The molecule has 106 valence electrons. The molecule has 0 amide bonds. The maximum absolute atomic E-state index is 8.87. The number of amidine groups is 1. The van der Waals surface area contributed by atoms with E-state index in [1.54, 1.807) is 23.9 Å². The summed E-state index contributed by atoms with van der Waals surface area (Å²) in [5.41, 5.74) is 7.29. The van der Waals surface area contributed by atoms with E-state index in [-0.39, 0.29) is 5.84 Å². The molecule has 0 saturated carbocycles. The fourth-order valence-corrected chi connectivity index (χ4v) is 2.97. The molecule has 0 radical (unpaired) electrons. The molecule has 0 saturated heterocycles. The molecule has 0 fully saturated rings. The molecule has 1 atom stereocenters. The number of anilines is 1. The number of hydrogen-bond acceptors (Lipinski definition) is 4. The molecule has 0 aliphatic carbocycles. The SMILES string of the molecule is CCC(CSC)N(C)c1cc(Cl)ccc1/C(N)=N/O. The van der Waals surface area contributed by atoms with E-state index < -0.39 is 0 Å². The lowest BCUT2D eigenvalue weighted by Crippen LogP contribution is -2.34. The lowest BCUT2D eigenvalue weighted by atomic mass is 10.1. The fourth-order valence-electron chi connectivity index (χ4n) is 1.96. The van der Waals surface area contributed by atoms with Crippen LogP contribution in [0.5, 0.6) is 0 Å². The van der Waals surface area contributed by atoms with Gasteiger partial charge in [0.05, 0.1) is 0 Å². The topological polar surface area (TPSA) is 61.8 Å². The summed E-state index contributed by atoms with van der Waals surface area (Å²) < 4.78 is 0. The Morgan fingerprint density at radius 1 is 1.58 bits per heavy atom. The number of hydrogen-bond donors (Lipinski definition) is 2. The van der Waals surface area contributed by atoms with Crippen molar-refractivity contribution in [2.45, 2.75) is 19.4 Å². The summed E-state index contributed by atoms with van der Waals surface area (Å²) in [6.07, 6.45) is 3.10. The van der Waals surface area contributed by atoms with Gasteiger partial charge in [-0.2, -0.15) is 11.8 Å². The summed E-state index contributed by atoms with van der Waals surface area (Å²) in [6.45, 7) is 2.14. The third-order valence-electron chi connectivity index (χ3n) is 3.10. The average Bonchev–Trinajstić information content (AvgIpc) is 2.43. The van der Waals surface area contributed by atoms with Gasteiger partial charge in [-0.25, -0.2) is 0 Å². The Morgan fingerprint density at radius 3 is 2.79 bits per heavy atom. The zero-order valence-corrected chi connectivity index (χ0v) is 13.0. The highest BCUT2D eigenvalue weighted by molar-refractivity contribution is 7.98. The first kappa shape index (κ1) is 16.0. The minimum atomic E-state index is 0.0949. The molecule has 6 heteroatoms. The van der Waals surface area contributed by atoms with Crippen molar-refractivity contribution in [1.29, 1.82) is 0 Å². The number of thioether (sulfide) groups is 1. The van der Waals surface area contributed by atoms with E-state index in [2.05, 4.69) is 23.2 Å². The van der Waals surface area contributed by atoms with Crippen molar-refractivity contribution < 1.29 is 5.21 Å². The van der Waals surface area contributed by atoms with Gasteiger partial charge in [-0.1, -0.05) is 23.7 Å². The molecular formula is C13H20ClN3OS. The minimum absolute atomic E-state index is 0.0949. The molecule has 0 bridgehead atoms. The highest BCUT2D eigenvalue weighted by Crippen LogP contribution is 2.27. The summed E-state index contributed by atoms with van der Waals surface area (Å²) in [5, 5.41) is 12.6. The predicted molar refractivity (Wildman–Crippen MR) is 84.8 cm³/mol. The van der Waals surface area contributed by atoms with E-state index in [0.717, 1.165) is 17.9 Å². The Morgan fingerprint density at radius 2 is 2.26 bits per heavy atom. The number of halogens is 1. The molecule has 0 aromatic heterocycles. The van der Waals surface area contributed by atoms with Gasteiger partial charge >= 0.3 is 0 Å². The van der Waals surface area contributed by atoms with Crippen LogP contribution < -0.4 is 10.6 Å². The van der Waals surface area contributed by atoms with Crippen LogP contribution in [-0.2, 0) is 0 Å². The first-order chi connectivity index (χ1) is 9.04. The van der Waals surface area contributed by atoms with Crippen LogP contribution in [0.2, 0.25) is 5.02 Å². The van der Waals surface area contributed by atoms with Crippen molar-refractivity contribution in [3.05, 3.63) is 28.8 Å². The monoisotopic (exact) mass is 301 g/mol. The van der Waals surface area contributed by atoms with Crippen LogP contribution in [0.25, 0.3) is 0 Å². The van der Waals surface area contributed by atoms with Crippen molar-refractivity contribution >= 4 is 34.9 Å². The third-order valence-corrected chi connectivity index (χ3v) is 4.05. The van der Waals surface area contributed by atoms with Gasteiger partial charge in [-0.05, 0) is 30.9 Å². The van der Waals surface area contributed by atoms with E-state index in [1.165, 1.54) is 0 Å². The van der Waals surface area contributed by atoms with Gasteiger partial charge in [0.1, 0.15) is 0 Å². The van der Waals surface area contributed by atoms with Crippen LogP contribution in [0, 0.1) is 0 Å². The highest BCUT2D eigenvalue weighted by atomic mass is 35.5. The van der Waals surface area contributed by atoms with Crippen LogP contribution >= 0.6 is 23.4 Å². The van der Waals surface area contributed by atoms with E-state index >= 15 is 0 Å². The fraction of sp³-hybridized carbons (Fsp3) is 0.462. The number of oxime groups is 1. The maximum atomic E-state index is 8.87. The smallest absolute Gasteiger partial charge is 0.172 e. The van der Waals surface area contributed by atoms with E-state index in [4.69, 9.17) is 22.5 Å². The molecule has 4 nitrogen and oxygen atoms in total. The van der Waals surface area contributed by atoms with Crippen LogP contribution in [0.15, 0.2) is 23.4 Å². The van der Waals surface area contributed by atoms with Gasteiger partial charge in [0.15, 0.2) is 5.84 Å². The molecular weight excluding hydrogens is 282 g/mol. The molecule has 1 rings (SSSR count). The lowest BCUT2D eigenvalue weighted by Gasteiger charge is -2.30. The first-order valence-corrected chi connectivity index (χ1v) is 7.81. The second kappa shape index (κ2) is 7.50. The summed E-state index contributed by atoms with van der Waals surface area (Å²) in [7, 11) is 2.00. The van der Waals surface area contributed by atoms with Crippen molar-refractivity contribution in [1.82, 2.24) is 0 Å². The van der Waals surface area contributed by atoms with Gasteiger partial charge in [-0.15, -0.1) is 0 Å². The molecule has 3 N–H and O–H groups in total. The van der Waals surface area contributed by atoms with Crippen molar-refractivity contribution in [3.8, 4) is 0 Å². The molecule has 0 aliphatic heterocycles. The minimum Gasteiger partial charge on any atom is -0.409 e. The largest absolute Gasteiger partial charge is 0.409 e. The average molecular weight is 302 g/mol. The van der Waals surface area contributed by atoms with Crippen molar-refractivity contribution in [2.75, 3.05) is 24.0 Å². The van der Waals surface area contributed by atoms with Crippen molar-refractivity contribution in [3.63, 3.8) is 0 Å². The molecule has 1 unspecified atom stereocenters.